The molecule has 0 aromatic carbocycles. The highest BCUT2D eigenvalue weighted by molar-refractivity contribution is 5.88. The van der Waals surface area contributed by atoms with Gasteiger partial charge in [-0.3, -0.25) is 14.4 Å². The fourth-order valence-corrected chi connectivity index (χ4v) is 4.37. The minimum Gasteiger partial charge on any atom is -0.481 e. The highest BCUT2D eigenvalue weighted by Crippen LogP contribution is 2.22. The molecule has 12 nitrogen and oxygen atoms in total. The van der Waals surface area contributed by atoms with Crippen molar-refractivity contribution in [1.82, 2.24) is 10.6 Å². The molecule has 6 atom stereocenters. The number of unbranched alkanes of at least 4 members (excludes halogenated alkanes) is 11. The van der Waals surface area contributed by atoms with Gasteiger partial charge in [0.1, 0.15) is 30.5 Å². The Balaban J connectivity index is 2.43. The van der Waals surface area contributed by atoms with Gasteiger partial charge in [0.05, 0.1) is 19.6 Å². The van der Waals surface area contributed by atoms with Crippen molar-refractivity contribution in [2.75, 3.05) is 19.8 Å². The number of nitrogens with one attached hydrogen (secondary N) is 2. The molecule has 1 unspecified atom stereocenters. The fraction of sp³-hybridized carbons (Fsp3) is 0.889. The predicted molar refractivity (Wildman–Crippen MR) is 143 cm³/mol. The van der Waals surface area contributed by atoms with Gasteiger partial charge >= 0.3 is 5.97 Å². The number of carboxylic acid groups (broad SMARTS) is 1. The lowest BCUT2D eigenvalue weighted by Gasteiger charge is -2.39. The molecule has 1 fully saturated rings. The van der Waals surface area contributed by atoms with Crippen LogP contribution in [0.15, 0.2) is 0 Å². The third kappa shape index (κ3) is 14.9. The van der Waals surface area contributed by atoms with Crippen LogP contribution in [0.5, 0.6) is 0 Å². The van der Waals surface area contributed by atoms with Gasteiger partial charge in [-0.25, -0.2) is 0 Å². The molecule has 0 aliphatic carbocycles. The summed E-state index contributed by atoms with van der Waals surface area (Å²) in [6, 6.07) is -1.21. The average molecular weight is 563 g/mol. The first-order valence-corrected chi connectivity index (χ1v) is 14.4. The van der Waals surface area contributed by atoms with Gasteiger partial charge in [0.25, 0.3) is 0 Å². The molecule has 7 N–H and O–H groups in total. The Kier molecular flexibility index (Phi) is 18.9. The first kappa shape index (κ1) is 35.2. The Bertz CT molecular complexity index is 693. The van der Waals surface area contributed by atoms with Gasteiger partial charge in [-0.1, -0.05) is 77.6 Å². The molecule has 0 aromatic rings. The molecule has 0 bridgehead atoms. The molecule has 1 rings (SSSR count). The van der Waals surface area contributed by atoms with E-state index in [2.05, 4.69) is 17.6 Å². The Morgan fingerprint density at radius 2 is 1.38 bits per heavy atom. The van der Waals surface area contributed by atoms with Crippen LogP contribution in [-0.2, 0) is 23.9 Å². The normalized spacial score (nSPS) is 23.8. The van der Waals surface area contributed by atoms with Crippen LogP contribution in [0.1, 0.15) is 96.8 Å². The van der Waals surface area contributed by atoms with Gasteiger partial charge < -0.3 is 45.6 Å². The number of hydrogen-bond acceptors (Lipinski definition) is 9. The summed E-state index contributed by atoms with van der Waals surface area (Å²) in [6.45, 7) is 1.51. The molecule has 0 radical (unpaired) electrons. The molecule has 1 saturated heterocycles. The van der Waals surface area contributed by atoms with Crippen molar-refractivity contribution >= 4 is 17.8 Å². The van der Waals surface area contributed by atoms with Crippen LogP contribution < -0.4 is 10.6 Å². The van der Waals surface area contributed by atoms with Gasteiger partial charge in [0.2, 0.25) is 11.8 Å². The van der Waals surface area contributed by atoms with Crippen LogP contribution in [0, 0.1) is 0 Å². The van der Waals surface area contributed by atoms with Crippen LogP contribution in [0.4, 0.5) is 0 Å². The molecular formula is C27H50N2O10. The molecule has 12 heteroatoms. The van der Waals surface area contributed by atoms with E-state index in [9.17, 15) is 34.8 Å². The summed E-state index contributed by atoms with van der Waals surface area (Å²) in [5.74, 6) is -2.37. The van der Waals surface area contributed by atoms with Crippen molar-refractivity contribution in [3.63, 3.8) is 0 Å². The minimum atomic E-state index is -1.66. The SMILES string of the molecule is CCCCCCCCCCCCCCNC(=O)C(CO[C@@H]1O[C@H](CO)[C@H](O)[C@H](O)[C@H]1O)NC(=O)CCC(=O)O. The second kappa shape index (κ2) is 21.0. The monoisotopic (exact) mass is 562 g/mol. The maximum atomic E-state index is 12.8. The molecule has 0 saturated carbocycles. The number of aliphatic carboxylic acids is 1. The van der Waals surface area contributed by atoms with Crippen molar-refractivity contribution in [2.45, 2.75) is 134 Å². The van der Waals surface area contributed by atoms with Gasteiger partial charge in [-0.15, -0.1) is 0 Å². The van der Waals surface area contributed by atoms with Crippen LogP contribution >= 0.6 is 0 Å². The Morgan fingerprint density at radius 3 is 1.92 bits per heavy atom. The van der Waals surface area contributed by atoms with Gasteiger partial charge in [-0.2, -0.15) is 0 Å². The highest BCUT2D eigenvalue weighted by atomic mass is 16.7. The van der Waals surface area contributed by atoms with E-state index in [1.807, 2.05) is 0 Å². The number of aliphatic hydroxyl groups excluding tert-OH is 4. The molecule has 1 aliphatic heterocycles. The number of hydrogen-bond donors (Lipinski definition) is 7. The summed E-state index contributed by atoms with van der Waals surface area (Å²) in [4.78, 5) is 35.7. The molecular weight excluding hydrogens is 512 g/mol. The summed E-state index contributed by atoms with van der Waals surface area (Å²) in [5.41, 5.74) is 0. The molecule has 39 heavy (non-hydrogen) atoms. The number of rotatable bonds is 22. The van der Waals surface area contributed by atoms with Crippen LogP contribution in [0.25, 0.3) is 0 Å². The minimum absolute atomic E-state index is 0.335. The number of carbonyl (C=O) groups is 3. The van der Waals surface area contributed by atoms with E-state index in [0.717, 1.165) is 25.7 Å². The largest absolute Gasteiger partial charge is 0.481 e. The van der Waals surface area contributed by atoms with Crippen LogP contribution in [0.2, 0.25) is 0 Å². The third-order valence-corrected chi connectivity index (χ3v) is 6.82. The maximum Gasteiger partial charge on any atom is 0.303 e. The first-order valence-electron chi connectivity index (χ1n) is 14.4. The maximum absolute atomic E-state index is 12.8. The van der Waals surface area contributed by atoms with Crippen molar-refractivity contribution < 1.29 is 49.4 Å². The summed E-state index contributed by atoms with van der Waals surface area (Å²) >= 11 is 0. The Labute approximate surface area is 231 Å². The van der Waals surface area contributed by atoms with Gasteiger partial charge in [0, 0.05) is 13.0 Å². The van der Waals surface area contributed by atoms with E-state index in [4.69, 9.17) is 14.6 Å². The van der Waals surface area contributed by atoms with E-state index in [1.165, 1.54) is 51.4 Å². The standard InChI is InChI=1S/C27H50N2O10/c1-2-3-4-5-6-7-8-9-10-11-12-13-16-28-26(37)19(29-21(31)14-15-22(32)33)18-38-27-25(36)24(35)23(34)20(17-30)39-27/h19-20,23-25,27,30,34-36H,2-18H2,1H3,(H,28,37)(H,29,31)(H,32,33)/t19?,20-,23+,24+,25-,27-/m1/s1. The zero-order chi connectivity index (χ0) is 29.0. The number of amides is 2. The summed E-state index contributed by atoms with van der Waals surface area (Å²) in [5, 5.41) is 53.2. The van der Waals surface area contributed by atoms with Gasteiger partial charge in [0.15, 0.2) is 6.29 Å². The Morgan fingerprint density at radius 1 is 0.821 bits per heavy atom. The number of carboxylic acids is 1. The summed E-state index contributed by atoms with van der Waals surface area (Å²) < 4.78 is 10.7. The van der Waals surface area contributed by atoms with Crippen molar-refractivity contribution in [2.24, 2.45) is 0 Å². The second-order valence-electron chi connectivity index (χ2n) is 10.2. The lowest BCUT2D eigenvalue weighted by Crippen LogP contribution is -2.60. The number of aliphatic hydroxyl groups is 4. The van der Waals surface area contributed by atoms with E-state index >= 15 is 0 Å². The number of ether oxygens (including phenoxy) is 2. The third-order valence-electron chi connectivity index (χ3n) is 6.82. The lowest BCUT2D eigenvalue weighted by molar-refractivity contribution is -0.301. The van der Waals surface area contributed by atoms with Gasteiger partial charge in [-0.05, 0) is 6.42 Å². The molecule has 0 spiro atoms. The first-order chi connectivity index (χ1) is 18.7. The molecule has 0 aromatic heterocycles. The van der Waals surface area contributed by atoms with E-state index < -0.39 is 74.2 Å². The summed E-state index contributed by atoms with van der Waals surface area (Å²) in [7, 11) is 0. The lowest BCUT2D eigenvalue weighted by atomic mass is 9.99. The summed E-state index contributed by atoms with van der Waals surface area (Å²) in [6.07, 6.45) is 5.95. The molecule has 1 aliphatic rings. The zero-order valence-electron chi connectivity index (χ0n) is 23.3. The average Bonchev–Trinajstić information content (AvgIpc) is 2.91. The molecule has 1 heterocycles. The van der Waals surface area contributed by atoms with E-state index in [-0.39, 0.29) is 6.42 Å². The molecule has 2 amide bonds. The smallest absolute Gasteiger partial charge is 0.303 e. The van der Waals surface area contributed by atoms with E-state index in [1.54, 1.807) is 0 Å². The van der Waals surface area contributed by atoms with E-state index in [0.29, 0.717) is 6.54 Å². The quantitative estimate of drug-likeness (QED) is 0.0934. The topological polar surface area (TPSA) is 195 Å². The predicted octanol–water partition coefficient (Wildman–Crippen LogP) is 0.970. The molecule has 228 valence electrons. The fourth-order valence-electron chi connectivity index (χ4n) is 4.37. The van der Waals surface area contributed by atoms with Crippen LogP contribution in [-0.4, -0.2) is 99.8 Å². The zero-order valence-corrected chi connectivity index (χ0v) is 23.3. The van der Waals surface area contributed by atoms with Crippen molar-refractivity contribution in [3.05, 3.63) is 0 Å². The van der Waals surface area contributed by atoms with Crippen molar-refractivity contribution in [1.29, 1.82) is 0 Å². The highest BCUT2D eigenvalue weighted by Gasteiger charge is 2.44. The van der Waals surface area contributed by atoms with Crippen molar-refractivity contribution in [3.8, 4) is 0 Å². The number of carbonyl (C=O) groups excluding carboxylic acids is 2. The Hall–Kier alpha value is -1.83. The second-order valence-corrected chi connectivity index (χ2v) is 10.2. The van der Waals surface area contributed by atoms with Crippen LogP contribution in [0.3, 0.4) is 0 Å².